The molecular weight excluding hydrogens is 304 g/mol. The molecule has 0 bridgehead atoms. The lowest BCUT2D eigenvalue weighted by molar-refractivity contribution is -0.122. The van der Waals surface area contributed by atoms with E-state index in [1.165, 1.54) is 6.26 Å². The van der Waals surface area contributed by atoms with Gasteiger partial charge in [-0.05, 0) is 29.7 Å². The van der Waals surface area contributed by atoms with Crippen LogP contribution in [0.3, 0.4) is 0 Å². The van der Waals surface area contributed by atoms with Gasteiger partial charge in [-0.15, -0.1) is 0 Å². The second kappa shape index (κ2) is 7.46. The molecule has 0 saturated heterocycles. The average Bonchev–Trinajstić information content (AvgIpc) is 3.13. The molecule has 0 radical (unpaired) electrons. The first-order valence-corrected chi connectivity index (χ1v) is 7.72. The van der Waals surface area contributed by atoms with Gasteiger partial charge in [0.05, 0.1) is 12.5 Å². The Kier molecular flexibility index (Phi) is 4.91. The largest absolute Gasteiger partial charge is 0.508 e. The monoisotopic (exact) mass is 322 g/mol. The molecule has 0 aliphatic heterocycles. The quantitative estimate of drug-likeness (QED) is 0.731. The summed E-state index contributed by atoms with van der Waals surface area (Å²) in [6.45, 7) is 0.328. The lowest BCUT2D eigenvalue weighted by Crippen LogP contribution is -2.30. The Labute approximate surface area is 139 Å². The minimum absolute atomic E-state index is 0.0720. The minimum Gasteiger partial charge on any atom is -0.508 e. The molecule has 0 unspecified atom stereocenters. The Balaban J connectivity index is 1.76. The van der Waals surface area contributed by atoms with Crippen molar-refractivity contribution < 1.29 is 14.4 Å². The van der Waals surface area contributed by atoms with Crippen molar-refractivity contribution in [3.05, 3.63) is 83.7 Å². The molecule has 122 valence electrons. The van der Waals surface area contributed by atoms with Crippen molar-refractivity contribution in [1.82, 2.24) is 10.5 Å². The number of phenols is 1. The molecule has 5 nitrogen and oxygen atoms in total. The van der Waals surface area contributed by atoms with Crippen LogP contribution in [-0.4, -0.2) is 16.2 Å². The van der Waals surface area contributed by atoms with Gasteiger partial charge < -0.3 is 14.9 Å². The number of hydrogen-bond acceptors (Lipinski definition) is 4. The molecule has 0 aliphatic carbocycles. The van der Waals surface area contributed by atoms with Crippen LogP contribution in [0.15, 0.2) is 71.4 Å². The van der Waals surface area contributed by atoms with Crippen LogP contribution in [0.4, 0.5) is 0 Å². The second-order valence-corrected chi connectivity index (χ2v) is 5.54. The van der Waals surface area contributed by atoms with Crippen LogP contribution in [-0.2, 0) is 17.8 Å². The smallest absolute Gasteiger partial charge is 0.228 e. The van der Waals surface area contributed by atoms with Crippen molar-refractivity contribution >= 4 is 5.91 Å². The van der Waals surface area contributed by atoms with Gasteiger partial charge in [-0.2, -0.15) is 0 Å². The average molecular weight is 322 g/mol. The first-order chi connectivity index (χ1) is 11.7. The van der Waals surface area contributed by atoms with Gasteiger partial charge in [-0.1, -0.05) is 47.6 Å². The van der Waals surface area contributed by atoms with Crippen molar-refractivity contribution in [3.8, 4) is 5.75 Å². The molecular formula is C19H18N2O3. The number of carbonyl (C=O) groups excluding carboxylic acids is 1. The van der Waals surface area contributed by atoms with Gasteiger partial charge in [0.15, 0.2) is 0 Å². The minimum atomic E-state index is -0.317. The fraction of sp³-hybridized carbons (Fsp3) is 0.158. The number of hydrogen-bond donors (Lipinski definition) is 2. The molecule has 0 fully saturated rings. The first kappa shape index (κ1) is 15.8. The normalized spacial score (nSPS) is 11.8. The van der Waals surface area contributed by atoms with E-state index in [9.17, 15) is 9.90 Å². The van der Waals surface area contributed by atoms with E-state index in [4.69, 9.17) is 4.52 Å². The fourth-order valence-corrected chi connectivity index (χ4v) is 2.54. The van der Waals surface area contributed by atoms with Crippen molar-refractivity contribution in [3.63, 3.8) is 0 Å². The zero-order chi connectivity index (χ0) is 16.8. The van der Waals surface area contributed by atoms with Crippen molar-refractivity contribution in [2.75, 3.05) is 0 Å². The van der Waals surface area contributed by atoms with Crippen molar-refractivity contribution in [1.29, 1.82) is 0 Å². The lowest BCUT2D eigenvalue weighted by Gasteiger charge is -2.17. The molecule has 1 atom stereocenters. The van der Waals surface area contributed by atoms with Crippen LogP contribution < -0.4 is 5.32 Å². The Hall–Kier alpha value is -3.08. The summed E-state index contributed by atoms with van der Waals surface area (Å²) in [5, 5.41) is 16.1. The summed E-state index contributed by atoms with van der Waals surface area (Å²) < 4.78 is 4.77. The van der Waals surface area contributed by atoms with Crippen molar-refractivity contribution in [2.45, 2.75) is 18.9 Å². The predicted octanol–water partition coefficient (Wildman–Crippen LogP) is 3.02. The number of carbonyl (C=O) groups is 1. The molecule has 2 aromatic carbocycles. The topological polar surface area (TPSA) is 75.4 Å². The Morgan fingerprint density at radius 2 is 1.83 bits per heavy atom. The van der Waals surface area contributed by atoms with Gasteiger partial charge in [0.1, 0.15) is 17.7 Å². The third kappa shape index (κ3) is 4.01. The maximum Gasteiger partial charge on any atom is 0.228 e. The zero-order valence-electron chi connectivity index (χ0n) is 13.1. The lowest BCUT2D eigenvalue weighted by atomic mass is 9.91. The highest BCUT2D eigenvalue weighted by Gasteiger charge is 2.21. The van der Waals surface area contributed by atoms with E-state index in [-0.39, 0.29) is 17.6 Å². The maximum absolute atomic E-state index is 12.7. The molecule has 0 aliphatic rings. The predicted molar refractivity (Wildman–Crippen MR) is 89.3 cm³/mol. The van der Waals surface area contributed by atoms with Crippen molar-refractivity contribution in [2.24, 2.45) is 0 Å². The van der Waals surface area contributed by atoms with E-state index in [2.05, 4.69) is 10.5 Å². The summed E-state index contributed by atoms with van der Waals surface area (Å²) >= 11 is 0. The highest BCUT2D eigenvalue weighted by atomic mass is 16.5. The Morgan fingerprint density at radius 3 is 2.50 bits per heavy atom. The van der Waals surface area contributed by atoms with Gasteiger partial charge in [0.2, 0.25) is 5.91 Å². The SMILES string of the molecule is O=C(NCc1ccon1)[C@H](Cc1ccc(O)cc1)c1ccccc1. The molecule has 2 N–H and O–H groups in total. The zero-order valence-corrected chi connectivity index (χ0v) is 13.1. The van der Waals surface area contributed by atoms with Crippen LogP contribution in [0.2, 0.25) is 0 Å². The van der Waals surface area contributed by atoms with Gasteiger partial charge >= 0.3 is 0 Å². The van der Waals surface area contributed by atoms with Crippen LogP contribution in [0.1, 0.15) is 22.7 Å². The summed E-state index contributed by atoms with van der Waals surface area (Å²) in [7, 11) is 0. The molecule has 1 heterocycles. The standard InChI is InChI=1S/C19H18N2O3/c22-17-8-6-14(7-9-17)12-18(15-4-2-1-3-5-15)19(23)20-13-16-10-11-24-21-16/h1-11,18,22H,12-13H2,(H,20,23)/t18-/m1/s1. The number of benzene rings is 2. The van der Waals surface area contributed by atoms with Gasteiger partial charge in [-0.25, -0.2) is 0 Å². The van der Waals surface area contributed by atoms with Gasteiger partial charge in [0, 0.05) is 6.07 Å². The molecule has 5 heteroatoms. The number of amides is 1. The Morgan fingerprint density at radius 1 is 1.08 bits per heavy atom. The number of phenolic OH excluding ortho intramolecular Hbond substituents is 1. The summed E-state index contributed by atoms with van der Waals surface area (Å²) in [5.74, 6) is -0.176. The maximum atomic E-state index is 12.7. The van der Waals surface area contributed by atoms with E-state index in [1.54, 1.807) is 18.2 Å². The molecule has 3 rings (SSSR count). The molecule has 24 heavy (non-hydrogen) atoms. The summed E-state index contributed by atoms with van der Waals surface area (Å²) in [4.78, 5) is 12.7. The van der Waals surface area contributed by atoms with Crippen LogP contribution in [0.5, 0.6) is 5.75 Å². The highest BCUT2D eigenvalue weighted by molar-refractivity contribution is 5.83. The summed E-state index contributed by atoms with van der Waals surface area (Å²) in [6.07, 6.45) is 2.03. The van der Waals surface area contributed by atoms with E-state index in [1.807, 2.05) is 42.5 Å². The number of aromatic hydroxyl groups is 1. The summed E-state index contributed by atoms with van der Waals surface area (Å²) in [6, 6.07) is 18.3. The molecule has 0 saturated carbocycles. The van der Waals surface area contributed by atoms with Gasteiger partial charge in [0.25, 0.3) is 0 Å². The second-order valence-electron chi connectivity index (χ2n) is 5.54. The summed E-state index contributed by atoms with van der Waals surface area (Å²) in [5.41, 5.74) is 2.61. The number of nitrogens with one attached hydrogen (secondary N) is 1. The number of rotatable bonds is 6. The first-order valence-electron chi connectivity index (χ1n) is 7.72. The Bertz CT molecular complexity index is 768. The van der Waals surface area contributed by atoms with Crippen LogP contribution >= 0.6 is 0 Å². The molecule has 1 aromatic heterocycles. The molecule has 0 spiro atoms. The number of nitrogens with zero attached hydrogens (tertiary/aromatic N) is 1. The van der Waals surface area contributed by atoms with Crippen LogP contribution in [0.25, 0.3) is 0 Å². The third-order valence-corrected chi connectivity index (χ3v) is 3.83. The van der Waals surface area contributed by atoms with Crippen LogP contribution in [0, 0.1) is 0 Å². The van der Waals surface area contributed by atoms with E-state index in [0.29, 0.717) is 18.7 Å². The molecule has 1 amide bonds. The van der Waals surface area contributed by atoms with Gasteiger partial charge in [-0.3, -0.25) is 4.79 Å². The van der Waals surface area contributed by atoms with E-state index in [0.717, 1.165) is 11.1 Å². The molecule has 3 aromatic rings. The van der Waals surface area contributed by atoms with E-state index >= 15 is 0 Å². The third-order valence-electron chi connectivity index (χ3n) is 3.83. The fourth-order valence-electron chi connectivity index (χ4n) is 2.54. The van der Waals surface area contributed by atoms with E-state index < -0.39 is 0 Å². The number of aromatic nitrogens is 1. The highest BCUT2D eigenvalue weighted by Crippen LogP contribution is 2.22.